The van der Waals surface area contributed by atoms with Gasteiger partial charge in [0.15, 0.2) is 0 Å². The van der Waals surface area contributed by atoms with Crippen molar-refractivity contribution in [2.75, 3.05) is 0 Å². The summed E-state index contributed by atoms with van der Waals surface area (Å²) in [4.78, 5) is 0. The molecule has 0 saturated heterocycles. The van der Waals surface area contributed by atoms with Gasteiger partial charge in [0.25, 0.3) is 0 Å². The van der Waals surface area contributed by atoms with Crippen LogP contribution in [0.15, 0.2) is 43.7 Å². The highest BCUT2D eigenvalue weighted by atomic mass is 79.9. The molecule has 0 aliphatic carbocycles. The smallest absolute Gasteiger partial charge is 0.148 e. The Hall–Kier alpha value is -0.430. The third-order valence-electron chi connectivity index (χ3n) is 2.62. The summed E-state index contributed by atoms with van der Waals surface area (Å²) in [5.41, 5.74) is 1.22. The molecule has 2 aromatic rings. The predicted octanol–water partition coefficient (Wildman–Crippen LogP) is 5.18. The standard InChI is InChI=1S/C14H10Br3FO2/c15-10-1-2-13(18)9(5-10)7-20-14-11(16)3-8(6-19)4-12(14)17/h1-5,19H,6-7H2. The van der Waals surface area contributed by atoms with Gasteiger partial charge in [-0.2, -0.15) is 0 Å². The minimum atomic E-state index is -0.313. The van der Waals surface area contributed by atoms with Crippen molar-refractivity contribution >= 4 is 47.8 Å². The molecule has 0 fully saturated rings. The van der Waals surface area contributed by atoms with Crippen LogP contribution in [-0.2, 0) is 13.2 Å². The van der Waals surface area contributed by atoms with Crippen LogP contribution in [-0.4, -0.2) is 5.11 Å². The quantitative estimate of drug-likeness (QED) is 0.669. The fourth-order valence-electron chi connectivity index (χ4n) is 1.65. The largest absolute Gasteiger partial charge is 0.486 e. The van der Waals surface area contributed by atoms with Crippen LogP contribution in [0.2, 0.25) is 0 Å². The zero-order chi connectivity index (χ0) is 14.7. The molecule has 0 amide bonds. The van der Waals surface area contributed by atoms with E-state index in [0.717, 1.165) is 10.0 Å². The Morgan fingerprint density at radius 2 is 1.70 bits per heavy atom. The molecule has 0 bridgehead atoms. The maximum atomic E-state index is 13.6. The molecule has 1 N–H and O–H groups in total. The second-order valence-corrected chi connectivity index (χ2v) is 6.70. The van der Waals surface area contributed by atoms with Gasteiger partial charge in [-0.1, -0.05) is 15.9 Å². The molecule has 2 aromatic carbocycles. The second kappa shape index (κ2) is 7.02. The van der Waals surface area contributed by atoms with Crippen molar-refractivity contribution in [3.63, 3.8) is 0 Å². The van der Waals surface area contributed by atoms with Crippen molar-refractivity contribution in [3.8, 4) is 5.75 Å². The number of aliphatic hydroxyl groups excluding tert-OH is 1. The molecule has 2 nitrogen and oxygen atoms in total. The maximum Gasteiger partial charge on any atom is 0.148 e. The van der Waals surface area contributed by atoms with Gasteiger partial charge in [-0.05, 0) is 67.8 Å². The number of aliphatic hydroxyl groups is 1. The topological polar surface area (TPSA) is 29.5 Å². The Morgan fingerprint density at radius 3 is 2.30 bits per heavy atom. The van der Waals surface area contributed by atoms with Crippen LogP contribution in [0.3, 0.4) is 0 Å². The van der Waals surface area contributed by atoms with Crippen LogP contribution in [0.25, 0.3) is 0 Å². The molecule has 0 aromatic heterocycles. The van der Waals surface area contributed by atoms with Crippen LogP contribution >= 0.6 is 47.8 Å². The first-order chi connectivity index (χ1) is 9.51. The maximum absolute atomic E-state index is 13.6. The van der Waals surface area contributed by atoms with Crippen LogP contribution < -0.4 is 4.74 Å². The molecule has 0 unspecified atom stereocenters. The summed E-state index contributed by atoms with van der Waals surface area (Å²) in [6, 6.07) is 8.23. The third kappa shape index (κ3) is 3.81. The van der Waals surface area contributed by atoms with E-state index in [-0.39, 0.29) is 19.0 Å². The lowest BCUT2D eigenvalue weighted by atomic mass is 10.2. The zero-order valence-corrected chi connectivity index (χ0v) is 14.9. The normalized spacial score (nSPS) is 10.7. The molecule has 0 saturated carbocycles. The van der Waals surface area contributed by atoms with E-state index in [1.807, 2.05) is 0 Å². The van der Waals surface area contributed by atoms with Crippen molar-refractivity contribution in [3.05, 3.63) is 60.7 Å². The lowest BCUT2D eigenvalue weighted by Gasteiger charge is -2.12. The minimum absolute atomic E-state index is 0.0578. The molecule has 0 atom stereocenters. The minimum Gasteiger partial charge on any atom is -0.486 e. The van der Waals surface area contributed by atoms with Gasteiger partial charge in [-0.15, -0.1) is 0 Å². The summed E-state index contributed by atoms with van der Waals surface area (Å²) in [6.45, 7) is 0.0543. The van der Waals surface area contributed by atoms with Crippen LogP contribution in [0.4, 0.5) is 4.39 Å². The molecule has 0 aliphatic rings. The summed E-state index contributed by atoms with van der Waals surface area (Å²) >= 11 is 10.1. The molecule has 106 valence electrons. The van der Waals surface area contributed by atoms with Crippen molar-refractivity contribution in [2.45, 2.75) is 13.2 Å². The monoisotopic (exact) mass is 466 g/mol. The molecule has 0 aliphatic heterocycles. The van der Waals surface area contributed by atoms with E-state index in [1.54, 1.807) is 24.3 Å². The van der Waals surface area contributed by atoms with Gasteiger partial charge in [0.05, 0.1) is 15.6 Å². The van der Waals surface area contributed by atoms with E-state index in [1.165, 1.54) is 6.07 Å². The molecule has 0 radical (unpaired) electrons. The first kappa shape index (κ1) is 15.9. The second-order valence-electron chi connectivity index (χ2n) is 4.07. The zero-order valence-electron chi connectivity index (χ0n) is 10.2. The summed E-state index contributed by atoms with van der Waals surface area (Å²) in [7, 11) is 0. The summed E-state index contributed by atoms with van der Waals surface area (Å²) in [5.74, 6) is 0.258. The fourth-order valence-corrected chi connectivity index (χ4v) is 3.56. The number of halogens is 4. The molecular weight excluding hydrogens is 459 g/mol. The van der Waals surface area contributed by atoms with E-state index in [4.69, 9.17) is 9.84 Å². The highest BCUT2D eigenvalue weighted by Crippen LogP contribution is 2.35. The van der Waals surface area contributed by atoms with Crippen molar-refractivity contribution in [1.29, 1.82) is 0 Å². The number of hydrogen-bond acceptors (Lipinski definition) is 2. The molecule has 0 heterocycles. The molecular formula is C14H10Br3FO2. The van der Waals surface area contributed by atoms with Gasteiger partial charge in [-0.25, -0.2) is 4.39 Å². The molecule has 6 heteroatoms. The van der Waals surface area contributed by atoms with Gasteiger partial charge in [0, 0.05) is 10.0 Å². The van der Waals surface area contributed by atoms with Gasteiger partial charge in [0.2, 0.25) is 0 Å². The number of rotatable bonds is 4. The highest BCUT2D eigenvalue weighted by Gasteiger charge is 2.11. The van der Waals surface area contributed by atoms with E-state index in [9.17, 15) is 4.39 Å². The predicted molar refractivity (Wildman–Crippen MR) is 86.2 cm³/mol. The summed E-state index contributed by atoms with van der Waals surface area (Å²) in [6.07, 6.45) is 0. The first-order valence-corrected chi connectivity index (χ1v) is 8.04. The number of ether oxygens (including phenoxy) is 1. The Morgan fingerprint density at radius 1 is 1.05 bits per heavy atom. The van der Waals surface area contributed by atoms with Crippen molar-refractivity contribution < 1.29 is 14.2 Å². The molecule has 20 heavy (non-hydrogen) atoms. The lowest BCUT2D eigenvalue weighted by Crippen LogP contribution is -2.00. The summed E-state index contributed by atoms with van der Waals surface area (Å²) < 4.78 is 21.5. The van der Waals surface area contributed by atoms with Gasteiger partial charge in [-0.3, -0.25) is 0 Å². The average Bonchev–Trinajstić information content (AvgIpc) is 2.41. The third-order valence-corrected chi connectivity index (χ3v) is 4.29. The Balaban J connectivity index is 2.21. The van der Waals surface area contributed by atoms with E-state index in [2.05, 4.69) is 47.8 Å². The number of benzene rings is 2. The first-order valence-electron chi connectivity index (χ1n) is 5.66. The van der Waals surface area contributed by atoms with E-state index in [0.29, 0.717) is 20.3 Å². The number of hydrogen-bond donors (Lipinski definition) is 1. The Bertz CT molecular complexity index is 609. The van der Waals surface area contributed by atoms with Crippen molar-refractivity contribution in [1.82, 2.24) is 0 Å². The van der Waals surface area contributed by atoms with Crippen LogP contribution in [0, 0.1) is 5.82 Å². The van der Waals surface area contributed by atoms with Gasteiger partial charge < -0.3 is 9.84 Å². The molecule has 2 rings (SSSR count). The van der Waals surface area contributed by atoms with E-state index < -0.39 is 0 Å². The SMILES string of the molecule is OCc1cc(Br)c(OCc2cc(Br)ccc2F)c(Br)c1. The Labute approximate surface area is 141 Å². The van der Waals surface area contributed by atoms with Gasteiger partial charge in [0.1, 0.15) is 18.2 Å². The summed E-state index contributed by atoms with van der Waals surface area (Å²) in [5, 5.41) is 9.11. The highest BCUT2D eigenvalue weighted by molar-refractivity contribution is 9.11. The Kier molecular flexibility index (Phi) is 5.60. The van der Waals surface area contributed by atoms with Crippen molar-refractivity contribution in [2.24, 2.45) is 0 Å². The molecule has 0 spiro atoms. The fraction of sp³-hybridized carbons (Fsp3) is 0.143. The van der Waals surface area contributed by atoms with E-state index >= 15 is 0 Å². The van der Waals surface area contributed by atoms with Gasteiger partial charge >= 0.3 is 0 Å². The van der Waals surface area contributed by atoms with Crippen LogP contribution in [0.1, 0.15) is 11.1 Å². The van der Waals surface area contributed by atoms with Crippen LogP contribution in [0.5, 0.6) is 5.75 Å². The lowest BCUT2D eigenvalue weighted by molar-refractivity contribution is 0.279. The average molecular weight is 469 g/mol.